The Labute approximate surface area is 103 Å². The van der Waals surface area contributed by atoms with E-state index >= 15 is 0 Å². The van der Waals surface area contributed by atoms with Crippen molar-refractivity contribution in [3.8, 4) is 0 Å². The van der Waals surface area contributed by atoms with Gasteiger partial charge in [0, 0.05) is 5.69 Å². The molecular weight excluding hydrogens is 214 g/mol. The molecule has 3 nitrogen and oxygen atoms in total. The van der Waals surface area contributed by atoms with Crippen LogP contribution >= 0.6 is 0 Å². The average Bonchev–Trinajstić information content (AvgIpc) is 2.15. The van der Waals surface area contributed by atoms with E-state index in [4.69, 9.17) is 10.5 Å². The van der Waals surface area contributed by atoms with Crippen LogP contribution in [0.1, 0.15) is 40.2 Å². The van der Waals surface area contributed by atoms with Gasteiger partial charge < -0.3 is 10.5 Å². The van der Waals surface area contributed by atoms with E-state index in [-0.39, 0.29) is 5.97 Å². The van der Waals surface area contributed by atoms with E-state index in [0.29, 0.717) is 5.69 Å². The summed E-state index contributed by atoms with van der Waals surface area (Å²) in [7, 11) is 0. The van der Waals surface area contributed by atoms with Crippen molar-refractivity contribution in [2.75, 3.05) is 5.73 Å². The highest BCUT2D eigenvalue weighted by Gasteiger charge is 2.34. The number of nitrogens with two attached hydrogens (primary N) is 1. The Morgan fingerprint density at radius 2 is 1.53 bits per heavy atom. The van der Waals surface area contributed by atoms with E-state index in [0.717, 1.165) is 5.56 Å². The smallest absolute Gasteiger partial charge is 0.316 e. The highest BCUT2D eigenvalue weighted by molar-refractivity contribution is 5.82. The predicted molar refractivity (Wildman–Crippen MR) is 69.7 cm³/mol. The first-order valence-electron chi connectivity index (χ1n) is 5.72. The first kappa shape index (κ1) is 13.6. The predicted octanol–water partition coefficient (Wildman–Crippen LogP) is 2.89. The Morgan fingerprint density at radius 1 is 1.06 bits per heavy atom. The van der Waals surface area contributed by atoms with Gasteiger partial charge in [-0.2, -0.15) is 0 Å². The van der Waals surface area contributed by atoms with Gasteiger partial charge in [-0.05, 0) is 52.3 Å². The maximum Gasteiger partial charge on any atom is 0.316 e. The molecule has 0 fully saturated rings. The van der Waals surface area contributed by atoms with Crippen LogP contribution in [0.25, 0.3) is 0 Å². The number of anilines is 1. The van der Waals surface area contributed by atoms with E-state index < -0.39 is 11.0 Å². The third kappa shape index (κ3) is 3.48. The fraction of sp³-hybridized carbons (Fsp3) is 0.500. The lowest BCUT2D eigenvalue weighted by molar-refractivity contribution is -0.160. The monoisotopic (exact) mass is 235 g/mol. The van der Waals surface area contributed by atoms with E-state index in [9.17, 15) is 4.79 Å². The van der Waals surface area contributed by atoms with Crippen LogP contribution in [-0.2, 0) is 14.9 Å². The lowest BCUT2D eigenvalue weighted by atomic mass is 9.84. The van der Waals surface area contributed by atoms with Crippen molar-refractivity contribution in [3.63, 3.8) is 0 Å². The number of rotatable bonds is 2. The molecule has 0 atom stereocenters. The zero-order valence-corrected chi connectivity index (χ0v) is 11.2. The summed E-state index contributed by atoms with van der Waals surface area (Å²) in [5.41, 5.74) is 6.09. The highest BCUT2D eigenvalue weighted by atomic mass is 16.6. The molecule has 0 aliphatic carbocycles. The molecule has 17 heavy (non-hydrogen) atoms. The summed E-state index contributed by atoms with van der Waals surface area (Å²) in [6.45, 7) is 9.30. The molecule has 94 valence electrons. The molecule has 1 aromatic carbocycles. The second-order valence-electron chi connectivity index (χ2n) is 5.75. The summed E-state index contributed by atoms with van der Waals surface area (Å²) < 4.78 is 5.42. The first-order valence-corrected chi connectivity index (χ1v) is 5.72. The van der Waals surface area contributed by atoms with Crippen molar-refractivity contribution in [3.05, 3.63) is 29.8 Å². The molecule has 2 N–H and O–H groups in total. The Hall–Kier alpha value is -1.51. The maximum absolute atomic E-state index is 12.1. The van der Waals surface area contributed by atoms with Crippen LogP contribution in [0.4, 0.5) is 5.69 Å². The molecule has 0 aliphatic heterocycles. The molecule has 0 amide bonds. The zero-order chi connectivity index (χ0) is 13.3. The van der Waals surface area contributed by atoms with Crippen LogP contribution in [0.3, 0.4) is 0 Å². The van der Waals surface area contributed by atoms with Crippen LogP contribution in [0, 0.1) is 0 Å². The van der Waals surface area contributed by atoms with E-state index in [1.807, 2.05) is 46.8 Å². The molecule has 0 heterocycles. The van der Waals surface area contributed by atoms with E-state index in [2.05, 4.69) is 0 Å². The number of hydrogen-bond acceptors (Lipinski definition) is 3. The minimum absolute atomic E-state index is 0.227. The molecule has 0 spiro atoms. The normalized spacial score (nSPS) is 12.3. The fourth-order valence-corrected chi connectivity index (χ4v) is 1.42. The molecule has 0 aromatic heterocycles. The standard InChI is InChI=1S/C14H21NO2/c1-13(2,3)17-12(16)14(4,5)10-6-8-11(15)9-7-10/h6-9H,15H2,1-5H3. The van der Waals surface area contributed by atoms with Gasteiger partial charge in [0.05, 0.1) is 5.41 Å². The van der Waals surface area contributed by atoms with Crippen LogP contribution < -0.4 is 5.73 Å². The summed E-state index contributed by atoms with van der Waals surface area (Å²) in [4.78, 5) is 12.1. The fourth-order valence-electron chi connectivity index (χ4n) is 1.42. The van der Waals surface area contributed by atoms with Crippen molar-refractivity contribution in [1.82, 2.24) is 0 Å². The van der Waals surface area contributed by atoms with Crippen LogP contribution in [0.2, 0.25) is 0 Å². The Bertz CT molecular complexity index is 399. The van der Waals surface area contributed by atoms with Crippen molar-refractivity contribution >= 4 is 11.7 Å². The molecular formula is C14H21NO2. The molecule has 0 bridgehead atoms. The third-order valence-electron chi connectivity index (χ3n) is 2.54. The van der Waals surface area contributed by atoms with E-state index in [1.54, 1.807) is 12.1 Å². The van der Waals surface area contributed by atoms with Crippen LogP contribution in [0.15, 0.2) is 24.3 Å². The second kappa shape index (κ2) is 4.40. The highest BCUT2D eigenvalue weighted by Crippen LogP contribution is 2.27. The van der Waals surface area contributed by atoms with Gasteiger partial charge in [0.15, 0.2) is 0 Å². The number of carbonyl (C=O) groups excluding carboxylic acids is 1. The minimum Gasteiger partial charge on any atom is -0.459 e. The largest absolute Gasteiger partial charge is 0.459 e. The summed E-state index contributed by atoms with van der Waals surface area (Å²) in [5.74, 6) is -0.227. The van der Waals surface area contributed by atoms with E-state index in [1.165, 1.54) is 0 Å². The van der Waals surface area contributed by atoms with Crippen LogP contribution in [0.5, 0.6) is 0 Å². The number of nitrogen functional groups attached to an aromatic ring is 1. The molecule has 0 aliphatic rings. The number of hydrogen-bond donors (Lipinski definition) is 1. The first-order chi connectivity index (χ1) is 7.63. The number of esters is 1. The van der Waals surface area contributed by atoms with Crippen molar-refractivity contribution in [1.29, 1.82) is 0 Å². The van der Waals surface area contributed by atoms with Gasteiger partial charge in [0.1, 0.15) is 5.60 Å². The Kier molecular flexibility index (Phi) is 3.51. The quantitative estimate of drug-likeness (QED) is 0.633. The van der Waals surface area contributed by atoms with Crippen LogP contribution in [-0.4, -0.2) is 11.6 Å². The molecule has 3 heteroatoms. The summed E-state index contributed by atoms with van der Waals surface area (Å²) in [6.07, 6.45) is 0. The van der Waals surface area contributed by atoms with Gasteiger partial charge in [-0.1, -0.05) is 12.1 Å². The van der Waals surface area contributed by atoms with Gasteiger partial charge in [0.2, 0.25) is 0 Å². The van der Waals surface area contributed by atoms with Gasteiger partial charge >= 0.3 is 5.97 Å². The second-order valence-corrected chi connectivity index (χ2v) is 5.75. The van der Waals surface area contributed by atoms with Crippen molar-refractivity contribution in [2.24, 2.45) is 0 Å². The Balaban J connectivity index is 2.94. The lowest BCUT2D eigenvalue weighted by Gasteiger charge is -2.28. The van der Waals surface area contributed by atoms with Crippen molar-refractivity contribution < 1.29 is 9.53 Å². The third-order valence-corrected chi connectivity index (χ3v) is 2.54. The van der Waals surface area contributed by atoms with Crippen molar-refractivity contribution in [2.45, 2.75) is 45.6 Å². The SMILES string of the molecule is CC(C)(C)OC(=O)C(C)(C)c1ccc(N)cc1. The topological polar surface area (TPSA) is 52.3 Å². The number of carbonyl (C=O) groups is 1. The van der Waals surface area contributed by atoms with Gasteiger partial charge in [-0.15, -0.1) is 0 Å². The molecule has 0 radical (unpaired) electrons. The molecule has 1 aromatic rings. The minimum atomic E-state index is -0.666. The molecule has 0 unspecified atom stereocenters. The summed E-state index contributed by atoms with van der Waals surface area (Å²) >= 11 is 0. The number of benzene rings is 1. The van der Waals surface area contributed by atoms with Gasteiger partial charge in [0.25, 0.3) is 0 Å². The van der Waals surface area contributed by atoms with Gasteiger partial charge in [-0.25, -0.2) is 0 Å². The van der Waals surface area contributed by atoms with Gasteiger partial charge in [-0.3, -0.25) is 4.79 Å². The summed E-state index contributed by atoms with van der Waals surface area (Å²) in [5, 5.41) is 0. The molecule has 0 saturated heterocycles. The lowest BCUT2D eigenvalue weighted by Crippen LogP contribution is -2.36. The molecule has 1 rings (SSSR count). The summed E-state index contributed by atoms with van der Waals surface area (Å²) in [6, 6.07) is 7.31. The Morgan fingerprint density at radius 3 is 1.94 bits per heavy atom. The maximum atomic E-state index is 12.1. The zero-order valence-electron chi connectivity index (χ0n) is 11.2. The molecule has 0 saturated carbocycles. The average molecular weight is 235 g/mol. The number of ether oxygens (including phenoxy) is 1.